The number of rotatable bonds is 3. The van der Waals surface area contributed by atoms with E-state index in [0.717, 1.165) is 38.1 Å². The molecule has 1 aromatic heterocycles. The first kappa shape index (κ1) is 19.4. The molecule has 0 fully saturated rings. The summed E-state index contributed by atoms with van der Waals surface area (Å²) in [6, 6.07) is 36.0. The van der Waals surface area contributed by atoms with Crippen LogP contribution in [-0.4, -0.2) is 0 Å². The van der Waals surface area contributed by atoms with Gasteiger partial charge in [-0.2, -0.15) is 0 Å². The third-order valence-corrected chi connectivity index (χ3v) is 9.27. The minimum atomic E-state index is -0.441. The molecule has 0 bridgehead atoms. The van der Waals surface area contributed by atoms with E-state index in [1.54, 1.807) is 6.07 Å². The van der Waals surface area contributed by atoms with Crippen LogP contribution >= 0.6 is 0 Å². The second-order valence-electron chi connectivity index (χ2n) is 11.8. The Bertz CT molecular complexity index is 3220. The molecule has 1 heterocycles. The molecule has 0 radical (unpaired) electrons. The molecule has 0 spiro atoms. The van der Waals surface area contributed by atoms with Crippen molar-refractivity contribution in [3.8, 4) is 33.4 Å². The topological polar surface area (TPSA) is 13.1 Å². The average molecular weight is 605 g/mol. The van der Waals surface area contributed by atoms with Crippen molar-refractivity contribution in [2.45, 2.75) is 0 Å². The normalized spacial score (nSPS) is 14.2. The van der Waals surface area contributed by atoms with Crippen molar-refractivity contribution in [3.63, 3.8) is 0 Å². The molecule has 0 atom stereocenters. The Labute approximate surface area is 283 Å². The molecule has 9 aromatic carbocycles. The number of hydrogen-bond donors (Lipinski definition) is 0. The van der Waals surface area contributed by atoms with Crippen molar-refractivity contribution in [2.75, 3.05) is 0 Å². The SMILES string of the molecule is [2H]c1c([2H])c([2H])c2c(-c3cccc4oc5c6ccccc6ccc5c34)c3c([2H])c([2H])c([2H])c([2H])c3c(-c3cc(-c4ccccc4)c4ccccc4c3)c2c1[2H]. The molecule has 0 saturated carbocycles. The third kappa shape index (κ3) is 3.90. The molecule has 1 heteroatoms. The molecule has 10 rings (SSSR count). The van der Waals surface area contributed by atoms with Crippen LogP contribution in [0.2, 0.25) is 0 Å². The van der Waals surface area contributed by atoms with Gasteiger partial charge >= 0.3 is 0 Å². The molecule has 0 unspecified atom stereocenters. The van der Waals surface area contributed by atoms with Gasteiger partial charge in [-0.3, -0.25) is 0 Å². The van der Waals surface area contributed by atoms with E-state index < -0.39 is 24.2 Å². The molecule has 47 heavy (non-hydrogen) atoms. The monoisotopic (exact) mass is 604 g/mol. The number of furan rings is 1. The molecule has 0 amide bonds. The van der Waals surface area contributed by atoms with Gasteiger partial charge in [-0.1, -0.05) is 145 Å². The zero-order chi connectivity index (χ0) is 37.9. The summed E-state index contributed by atoms with van der Waals surface area (Å²) in [5, 5.41) is 5.85. The first-order chi connectivity index (χ1) is 26.7. The van der Waals surface area contributed by atoms with Crippen LogP contribution in [0.1, 0.15) is 11.0 Å². The van der Waals surface area contributed by atoms with Crippen molar-refractivity contribution in [2.24, 2.45) is 0 Å². The first-order valence-corrected chi connectivity index (χ1v) is 15.5. The van der Waals surface area contributed by atoms with Crippen LogP contribution in [0.15, 0.2) is 174 Å². The summed E-state index contributed by atoms with van der Waals surface area (Å²) in [4.78, 5) is 0. The van der Waals surface area contributed by atoms with Gasteiger partial charge in [-0.15, -0.1) is 0 Å². The van der Waals surface area contributed by atoms with Crippen LogP contribution < -0.4 is 0 Å². The van der Waals surface area contributed by atoms with E-state index in [4.69, 9.17) is 9.90 Å². The van der Waals surface area contributed by atoms with E-state index in [2.05, 4.69) is 0 Å². The van der Waals surface area contributed by atoms with Crippen molar-refractivity contribution in [1.82, 2.24) is 0 Å². The molecule has 10 aromatic rings. The Morgan fingerprint density at radius 3 is 1.79 bits per heavy atom. The van der Waals surface area contributed by atoms with Crippen molar-refractivity contribution >= 4 is 65.0 Å². The summed E-state index contributed by atoms with van der Waals surface area (Å²) in [6.45, 7) is 0. The minimum absolute atomic E-state index is 0.163. The highest BCUT2D eigenvalue weighted by Crippen LogP contribution is 2.48. The lowest BCUT2D eigenvalue weighted by Gasteiger charge is -2.19. The largest absolute Gasteiger partial charge is 0.455 e. The van der Waals surface area contributed by atoms with Crippen molar-refractivity contribution in [1.29, 1.82) is 0 Å². The number of fused-ring (bicyclic) bond motifs is 8. The van der Waals surface area contributed by atoms with E-state index in [-0.39, 0.29) is 45.7 Å². The summed E-state index contributed by atoms with van der Waals surface area (Å²) in [7, 11) is 0. The standard InChI is InChI=1S/C46H28O/c1-2-13-29(14-3-1)41-28-32(27-31-16-5-6-17-33(31)41)43-35-19-8-10-21-37(35)44(38-22-11-9-20-36(38)43)39-23-12-24-42-45(39)40-26-25-30-15-4-7-18-34(30)46(40)47-42/h1-28H/i8D,9D,10D,11D,19D,20D,21D,22D. The van der Waals surface area contributed by atoms with Gasteiger partial charge < -0.3 is 4.42 Å². The van der Waals surface area contributed by atoms with Gasteiger partial charge in [0.25, 0.3) is 0 Å². The molecule has 218 valence electrons. The Morgan fingerprint density at radius 1 is 0.404 bits per heavy atom. The highest BCUT2D eigenvalue weighted by Gasteiger charge is 2.21. The van der Waals surface area contributed by atoms with Gasteiger partial charge in [0.1, 0.15) is 11.2 Å². The maximum absolute atomic E-state index is 9.51. The lowest BCUT2D eigenvalue weighted by atomic mass is 9.83. The van der Waals surface area contributed by atoms with Crippen molar-refractivity contribution < 1.29 is 15.4 Å². The Kier molecular flexibility index (Phi) is 4.19. The van der Waals surface area contributed by atoms with E-state index in [1.807, 2.05) is 115 Å². The number of hydrogen-bond acceptors (Lipinski definition) is 1. The fraction of sp³-hybridized carbons (Fsp3) is 0. The minimum Gasteiger partial charge on any atom is -0.455 e. The Morgan fingerprint density at radius 2 is 1.04 bits per heavy atom. The highest BCUT2D eigenvalue weighted by molar-refractivity contribution is 6.27. The zero-order valence-electron chi connectivity index (χ0n) is 33.0. The quantitative estimate of drug-likeness (QED) is 0.183. The van der Waals surface area contributed by atoms with Crippen LogP contribution in [0.5, 0.6) is 0 Å². The summed E-state index contributed by atoms with van der Waals surface area (Å²) >= 11 is 0. The number of benzene rings is 9. The molecule has 1 nitrogen and oxygen atoms in total. The van der Waals surface area contributed by atoms with Gasteiger partial charge in [0.05, 0.1) is 11.0 Å². The maximum atomic E-state index is 9.51. The molecular formula is C46H28O. The fourth-order valence-electron chi connectivity index (χ4n) is 7.26. The van der Waals surface area contributed by atoms with Gasteiger partial charge in [0, 0.05) is 16.2 Å². The van der Waals surface area contributed by atoms with Crippen LogP contribution in [0.25, 0.3) is 98.4 Å². The maximum Gasteiger partial charge on any atom is 0.143 e. The molecule has 0 aliphatic rings. The summed E-state index contributed by atoms with van der Waals surface area (Å²) in [5.41, 5.74) is 4.70. The first-order valence-electron chi connectivity index (χ1n) is 19.5. The smallest absolute Gasteiger partial charge is 0.143 e. The molecule has 0 aliphatic heterocycles. The average Bonchev–Trinajstić information content (AvgIpc) is 3.62. The van der Waals surface area contributed by atoms with Crippen LogP contribution in [0, 0.1) is 0 Å². The molecule has 0 saturated heterocycles. The zero-order valence-corrected chi connectivity index (χ0v) is 25.0. The van der Waals surface area contributed by atoms with E-state index >= 15 is 0 Å². The van der Waals surface area contributed by atoms with Crippen LogP contribution in [-0.2, 0) is 0 Å². The summed E-state index contributed by atoms with van der Waals surface area (Å²) in [5.74, 6) is 0. The van der Waals surface area contributed by atoms with Gasteiger partial charge in [0.2, 0.25) is 0 Å². The lowest BCUT2D eigenvalue weighted by molar-refractivity contribution is 0.673. The third-order valence-electron chi connectivity index (χ3n) is 9.27. The van der Waals surface area contributed by atoms with Gasteiger partial charge in [0.15, 0.2) is 0 Å². The Balaban J connectivity index is 1.47. The second-order valence-corrected chi connectivity index (χ2v) is 11.8. The highest BCUT2D eigenvalue weighted by atomic mass is 16.3. The molecular weight excluding hydrogens is 569 g/mol. The summed E-state index contributed by atoms with van der Waals surface area (Å²) in [6.07, 6.45) is 0. The molecule has 0 N–H and O–H groups in total. The second kappa shape index (κ2) is 10.2. The van der Waals surface area contributed by atoms with E-state index in [0.29, 0.717) is 38.8 Å². The lowest BCUT2D eigenvalue weighted by Crippen LogP contribution is -1.92. The van der Waals surface area contributed by atoms with E-state index in [9.17, 15) is 5.48 Å². The van der Waals surface area contributed by atoms with Gasteiger partial charge in [-0.05, 0) is 95.3 Å². The molecule has 0 aliphatic carbocycles. The van der Waals surface area contributed by atoms with Gasteiger partial charge in [-0.25, -0.2) is 0 Å². The predicted molar refractivity (Wildman–Crippen MR) is 200 cm³/mol. The summed E-state index contributed by atoms with van der Waals surface area (Å²) < 4.78 is 80.3. The fourth-order valence-corrected chi connectivity index (χ4v) is 7.26. The van der Waals surface area contributed by atoms with Crippen LogP contribution in [0.4, 0.5) is 0 Å². The predicted octanol–water partition coefficient (Wildman–Crippen LogP) is 13.2. The van der Waals surface area contributed by atoms with Crippen LogP contribution in [0.3, 0.4) is 0 Å². The van der Waals surface area contributed by atoms with Crippen molar-refractivity contribution in [3.05, 3.63) is 170 Å². The van der Waals surface area contributed by atoms with E-state index in [1.165, 1.54) is 0 Å². The Hall–Kier alpha value is -6.18.